The average Bonchev–Trinajstić information content (AvgIpc) is 2.39. The average molecular weight is 238 g/mol. The quantitative estimate of drug-likeness (QED) is 0.813. The van der Waals surface area contributed by atoms with Gasteiger partial charge in [0, 0.05) is 31.2 Å². The van der Waals surface area contributed by atoms with Crippen molar-refractivity contribution in [3.05, 3.63) is 0 Å². The third-order valence-electron chi connectivity index (χ3n) is 5.23. The number of rotatable bonds is 3. The zero-order chi connectivity index (χ0) is 12.3. The molecular formula is C15H30N2. The van der Waals surface area contributed by atoms with Crippen LogP contribution >= 0.6 is 0 Å². The molecule has 1 aliphatic heterocycles. The standard InChI is InChI=1S/C15H30N2/c1-4-13(2)14-12-17(11-10-16-14)15(3)8-6-5-7-9-15/h13-14,16H,4-12H2,1-3H3. The Morgan fingerprint density at radius 1 is 1.29 bits per heavy atom. The van der Waals surface area contributed by atoms with Crippen LogP contribution in [0.15, 0.2) is 0 Å². The Balaban J connectivity index is 1.96. The zero-order valence-corrected chi connectivity index (χ0v) is 12.0. The molecule has 0 amide bonds. The maximum atomic E-state index is 3.71. The van der Waals surface area contributed by atoms with Crippen LogP contribution in [0.2, 0.25) is 0 Å². The molecule has 1 heterocycles. The van der Waals surface area contributed by atoms with Crippen molar-refractivity contribution in [2.75, 3.05) is 19.6 Å². The predicted molar refractivity (Wildman–Crippen MR) is 74.3 cm³/mol. The van der Waals surface area contributed by atoms with Gasteiger partial charge in [-0.25, -0.2) is 0 Å². The van der Waals surface area contributed by atoms with E-state index >= 15 is 0 Å². The van der Waals surface area contributed by atoms with Crippen LogP contribution in [0.5, 0.6) is 0 Å². The number of nitrogens with one attached hydrogen (secondary N) is 1. The molecule has 17 heavy (non-hydrogen) atoms. The molecule has 0 bridgehead atoms. The molecule has 2 heteroatoms. The molecule has 2 atom stereocenters. The van der Waals surface area contributed by atoms with Crippen molar-refractivity contribution in [2.45, 2.75) is 70.9 Å². The second-order valence-corrected chi connectivity index (χ2v) is 6.45. The van der Waals surface area contributed by atoms with E-state index in [4.69, 9.17) is 0 Å². The van der Waals surface area contributed by atoms with Crippen molar-refractivity contribution < 1.29 is 0 Å². The highest BCUT2D eigenvalue weighted by Crippen LogP contribution is 2.34. The van der Waals surface area contributed by atoms with Crippen molar-refractivity contribution in [3.63, 3.8) is 0 Å². The number of hydrogen-bond donors (Lipinski definition) is 1. The summed E-state index contributed by atoms with van der Waals surface area (Å²) in [5, 5.41) is 3.71. The van der Waals surface area contributed by atoms with E-state index < -0.39 is 0 Å². The van der Waals surface area contributed by atoms with Gasteiger partial charge in [-0.1, -0.05) is 39.5 Å². The van der Waals surface area contributed by atoms with Crippen molar-refractivity contribution in [2.24, 2.45) is 5.92 Å². The van der Waals surface area contributed by atoms with E-state index in [9.17, 15) is 0 Å². The summed E-state index contributed by atoms with van der Waals surface area (Å²) in [7, 11) is 0. The molecule has 0 radical (unpaired) electrons. The molecule has 0 aromatic carbocycles. The molecule has 2 fully saturated rings. The summed E-state index contributed by atoms with van der Waals surface area (Å²) < 4.78 is 0. The van der Waals surface area contributed by atoms with Crippen LogP contribution in [-0.4, -0.2) is 36.1 Å². The molecular weight excluding hydrogens is 208 g/mol. The second-order valence-electron chi connectivity index (χ2n) is 6.45. The lowest BCUT2D eigenvalue weighted by Crippen LogP contribution is -2.60. The zero-order valence-electron chi connectivity index (χ0n) is 12.0. The molecule has 1 N–H and O–H groups in total. The Morgan fingerprint density at radius 3 is 2.65 bits per heavy atom. The minimum atomic E-state index is 0.506. The van der Waals surface area contributed by atoms with E-state index in [2.05, 4.69) is 31.0 Å². The first-order valence-corrected chi connectivity index (χ1v) is 7.64. The SMILES string of the molecule is CCC(C)C1CN(C2(C)CCCCC2)CCN1. The molecule has 2 rings (SSSR count). The molecule has 2 nitrogen and oxygen atoms in total. The summed E-state index contributed by atoms with van der Waals surface area (Å²) >= 11 is 0. The van der Waals surface area contributed by atoms with Gasteiger partial charge in [-0.3, -0.25) is 4.90 Å². The van der Waals surface area contributed by atoms with E-state index in [1.807, 2.05) is 0 Å². The molecule has 1 saturated carbocycles. The van der Waals surface area contributed by atoms with Gasteiger partial charge in [0.2, 0.25) is 0 Å². The Bertz CT molecular complexity index is 233. The first-order valence-electron chi connectivity index (χ1n) is 7.64. The van der Waals surface area contributed by atoms with Gasteiger partial charge < -0.3 is 5.32 Å². The fourth-order valence-corrected chi connectivity index (χ4v) is 3.56. The minimum Gasteiger partial charge on any atom is -0.311 e. The number of piperazine rings is 1. The molecule has 2 aliphatic rings. The van der Waals surface area contributed by atoms with Gasteiger partial charge in [0.25, 0.3) is 0 Å². The normalized spacial score (nSPS) is 32.3. The lowest BCUT2D eigenvalue weighted by Gasteiger charge is -2.49. The Kier molecular flexibility index (Phi) is 4.48. The molecule has 100 valence electrons. The van der Waals surface area contributed by atoms with E-state index in [-0.39, 0.29) is 0 Å². The van der Waals surface area contributed by atoms with Crippen LogP contribution in [0, 0.1) is 5.92 Å². The van der Waals surface area contributed by atoms with E-state index in [0.717, 1.165) is 5.92 Å². The largest absolute Gasteiger partial charge is 0.311 e. The van der Waals surface area contributed by atoms with Gasteiger partial charge in [0.15, 0.2) is 0 Å². The Labute approximate surface area is 107 Å². The lowest BCUT2D eigenvalue weighted by atomic mass is 9.80. The monoisotopic (exact) mass is 238 g/mol. The summed E-state index contributed by atoms with van der Waals surface area (Å²) in [5.41, 5.74) is 0.506. The summed E-state index contributed by atoms with van der Waals surface area (Å²) in [5.74, 6) is 0.810. The van der Waals surface area contributed by atoms with Crippen LogP contribution in [0.25, 0.3) is 0 Å². The predicted octanol–water partition coefficient (Wildman–Crippen LogP) is 3.03. The van der Waals surface area contributed by atoms with Gasteiger partial charge in [-0.2, -0.15) is 0 Å². The number of nitrogens with zero attached hydrogens (tertiary/aromatic N) is 1. The van der Waals surface area contributed by atoms with Gasteiger partial charge >= 0.3 is 0 Å². The maximum Gasteiger partial charge on any atom is 0.0221 e. The summed E-state index contributed by atoms with van der Waals surface area (Å²) in [6.45, 7) is 10.9. The Hall–Kier alpha value is -0.0800. The van der Waals surface area contributed by atoms with Crippen molar-refractivity contribution in [1.29, 1.82) is 0 Å². The lowest BCUT2D eigenvalue weighted by molar-refractivity contribution is 0.0305. The van der Waals surface area contributed by atoms with Crippen LogP contribution in [0.1, 0.15) is 59.3 Å². The van der Waals surface area contributed by atoms with Crippen molar-refractivity contribution >= 4 is 0 Å². The first-order chi connectivity index (χ1) is 8.15. The molecule has 0 aromatic rings. The second kappa shape index (κ2) is 5.71. The van der Waals surface area contributed by atoms with Gasteiger partial charge in [-0.05, 0) is 25.7 Å². The summed E-state index contributed by atoms with van der Waals surface area (Å²) in [4.78, 5) is 2.79. The highest BCUT2D eigenvalue weighted by molar-refractivity contribution is 4.94. The fourth-order valence-electron chi connectivity index (χ4n) is 3.56. The Morgan fingerprint density at radius 2 is 2.00 bits per heavy atom. The highest BCUT2D eigenvalue weighted by Gasteiger charge is 2.36. The van der Waals surface area contributed by atoms with Crippen LogP contribution in [0.3, 0.4) is 0 Å². The molecule has 0 spiro atoms. The highest BCUT2D eigenvalue weighted by atomic mass is 15.3. The van der Waals surface area contributed by atoms with E-state index in [0.29, 0.717) is 11.6 Å². The number of hydrogen-bond acceptors (Lipinski definition) is 2. The van der Waals surface area contributed by atoms with Crippen molar-refractivity contribution in [3.8, 4) is 0 Å². The maximum absolute atomic E-state index is 3.71. The van der Waals surface area contributed by atoms with Crippen LogP contribution in [-0.2, 0) is 0 Å². The topological polar surface area (TPSA) is 15.3 Å². The van der Waals surface area contributed by atoms with Crippen molar-refractivity contribution in [1.82, 2.24) is 10.2 Å². The summed E-state index contributed by atoms with van der Waals surface area (Å²) in [6, 6.07) is 0.715. The third kappa shape index (κ3) is 3.03. The van der Waals surface area contributed by atoms with Crippen LogP contribution in [0.4, 0.5) is 0 Å². The summed E-state index contributed by atoms with van der Waals surface area (Å²) in [6.07, 6.45) is 8.46. The third-order valence-corrected chi connectivity index (χ3v) is 5.23. The van der Waals surface area contributed by atoms with E-state index in [1.54, 1.807) is 0 Å². The van der Waals surface area contributed by atoms with Gasteiger partial charge in [0.05, 0.1) is 0 Å². The molecule has 2 unspecified atom stereocenters. The first kappa shape index (κ1) is 13.4. The minimum absolute atomic E-state index is 0.506. The van der Waals surface area contributed by atoms with Crippen LogP contribution < -0.4 is 5.32 Å². The molecule has 0 aromatic heterocycles. The molecule has 1 aliphatic carbocycles. The van der Waals surface area contributed by atoms with Gasteiger partial charge in [-0.15, -0.1) is 0 Å². The molecule has 1 saturated heterocycles. The smallest absolute Gasteiger partial charge is 0.0221 e. The van der Waals surface area contributed by atoms with Gasteiger partial charge in [0.1, 0.15) is 0 Å². The van der Waals surface area contributed by atoms with E-state index in [1.165, 1.54) is 58.2 Å². The fraction of sp³-hybridized carbons (Fsp3) is 1.00.